The first-order valence-corrected chi connectivity index (χ1v) is 12.1. The van der Waals surface area contributed by atoms with E-state index in [1.54, 1.807) is 18.5 Å². The summed E-state index contributed by atoms with van der Waals surface area (Å²) in [4.78, 5) is 32.6. The number of amides is 1. The minimum atomic E-state index is -1.11. The molecule has 0 saturated heterocycles. The van der Waals surface area contributed by atoms with Crippen molar-refractivity contribution >= 4 is 46.4 Å². The number of aliphatic carboxylic acids is 1. The van der Waals surface area contributed by atoms with Crippen LogP contribution >= 0.6 is 34.5 Å². The summed E-state index contributed by atoms with van der Waals surface area (Å²) in [5.74, 6) is -1.57. The lowest BCUT2D eigenvalue weighted by Gasteiger charge is -2.30. The van der Waals surface area contributed by atoms with Gasteiger partial charge in [-0.2, -0.15) is 0 Å². The number of carbonyl (C=O) groups excluding carboxylic acids is 1. The van der Waals surface area contributed by atoms with E-state index in [9.17, 15) is 14.7 Å². The summed E-state index contributed by atoms with van der Waals surface area (Å²) in [6.07, 6.45) is 3.58. The lowest BCUT2D eigenvalue weighted by Crippen LogP contribution is -2.46. The van der Waals surface area contributed by atoms with Crippen molar-refractivity contribution in [2.45, 2.75) is 19.0 Å². The van der Waals surface area contributed by atoms with Crippen LogP contribution in [0.3, 0.4) is 0 Å². The van der Waals surface area contributed by atoms with Crippen LogP contribution in [0.25, 0.3) is 11.1 Å². The van der Waals surface area contributed by atoms with Gasteiger partial charge in [0.15, 0.2) is 0 Å². The molecule has 8 heteroatoms. The van der Waals surface area contributed by atoms with Crippen LogP contribution in [0, 0.1) is 0 Å². The Balaban J connectivity index is 1.76. The second-order valence-corrected chi connectivity index (χ2v) is 9.44. The van der Waals surface area contributed by atoms with E-state index in [4.69, 9.17) is 23.2 Å². The van der Waals surface area contributed by atoms with Crippen LogP contribution in [0.1, 0.15) is 20.8 Å². The molecule has 1 atom stereocenters. The zero-order valence-corrected chi connectivity index (χ0v) is 20.2. The lowest BCUT2D eigenvalue weighted by atomic mass is 10.0. The third-order valence-corrected chi connectivity index (χ3v) is 6.84. The molecule has 0 radical (unpaired) electrons. The monoisotopic (exact) mass is 510 g/mol. The van der Waals surface area contributed by atoms with Crippen LogP contribution in [-0.2, 0) is 17.8 Å². The number of nitrogens with zero attached hydrogens (tertiary/aromatic N) is 2. The third kappa shape index (κ3) is 5.47. The zero-order chi connectivity index (χ0) is 24.1. The van der Waals surface area contributed by atoms with Gasteiger partial charge in [0.25, 0.3) is 5.91 Å². The molecule has 2 heterocycles. The van der Waals surface area contributed by atoms with Gasteiger partial charge in [-0.15, -0.1) is 11.3 Å². The van der Waals surface area contributed by atoms with E-state index in [1.165, 1.54) is 28.4 Å². The highest BCUT2D eigenvalue weighted by atomic mass is 35.5. The SMILES string of the molecule is O=C(O)[C@H](Cc1ccccc1)N(Cc1sccc1-c1cccnc1)C(=O)c1ccc(Cl)cc1Cl. The summed E-state index contributed by atoms with van der Waals surface area (Å²) in [7, 11) is 0. The minimum Gasteiger partial charge on any atom is -0.480 e. The summed E-state index contributed by atoms with van der Waals surface area (Å²) in [5.41, 5.74) is 2.81. The first-order valence-electron chi connectivity index (χ1n) is 10.4. The molecular weight excluding hydrogens is 491 g/mol. The van der Waals surface area contributed by atoms with Crippen molar-refractivity contribution in [3.8, 4) is 11.1 Å². The van der Waals surface area contributed by atoms with Gasteiger partial charge in [0.1, 0.15) is 6.04 Å². The second-order valence-electron chi connectivity index (χ2n) is 7.60. The number of carboxylic acid groups (broad SMARTS) is 1. The first kappa shape index (κ1) is 24.0. The van der Waals surface area contributed by atoms with Crippen molar-refractivity contribution in [3.63, 3.8) is 0 Å². The van der Waals surface area contributed by atoms with E-state index in [0.29, 0.717) is 5.02 Å². The molecule has 1 N–H and O–H groups in total. The molecule has 5 nitrogen and oxygen atoms in total. The summed E-state index contributed by atoms with van der Waals surface area (Å²) in [5, 5.41) is 12.7. The Bertz CT molecular complexity index is 1300. The molecule has 0 saturated carbocycles. The number of hydrogen-bond acceptors (Lipinski definition) is 4. The highest BCUT2D eigenvalue weighted by molar-refractivity contribution is 7.10. The number of carboxylic acids is 1. The Hall–Kier alpha value is -3.19. The molecule has 0 spiro atoms. The number of hydrogen-bond donors (Lipinski definition) is 1. The van der Waals surface area contributed by atoms with E-state index in [-0.39, 0.29) is 23.6 Å². The zero-order valence-electron chi connectivity index (χ0n) is 17.9. The largest absolute Gasteiger partial charge is 0.480 e. The molecule has 0 aliphatic rings. The number of benzene rings is 2. The van der Waals surface area contributed by atoms with Crippen LogP contribution in [0.15, 0.2) is 84.5 Å². The number of aromatic nitrogens is 1. The van der Waals surface area contributed by atoms with Crippen molar-refractivity contribution in [2.24, 2.45) is 0 Å². The van der Waals surface area contributed by atoms with Gasteiger partial charge in [0.2, 0.25) is 0 Å². The smallest absolute Gasteiger partial charge is 0.326 e. The van der Waals surface area contributed by atoms with Gasteiger partial charge in [-0.05, 0) is 46.8 Å². The molecule has 0 unspecified atom stereocenters. The Kier molecular flexibility index (Phi) is 7.63. The standard InChI is InChI=1S/C26H20Cl2N2O3S/c27-19-8-9-21(22(28)14-19)25(31)30(23(26(32)33)13-17-5-2-1-3-6-17)16-24-20(10-12-34-24)18-7-4-11-29-15-18/h1-12,14-15,23H,13,16H2,(H,32,33)/t23-/m0/s1. The highest BCUT2D eigenvalue weighted by Crippen LogP contribution is 2.31. The van der Waals surface area contributed by atoms with E-state index in [1.807, 2.05) is 53.9 Å². The third-order valence-electron chi connectivity index (χ3n) is 5.39. The Labute approximate surface area is 211 Å². The van der Waals surface area contributed by atoms with Gasteiger partial charge >= 0.3 is 5.97 Å². The average molecular weight is 511 g/mol. The van der Waals surface area contributed by atoms with Crippen molar-refractivity contribution in [1.82, 2.24) is 9.88 Å². The number of thiophene rings is 1. The molecule has 0 fully saturated rings. The maximum Gasteiger partial charge on any atom is 0.326 e. The number of carbonyl (C=O) groups is 2. The molecule has 0 bridgehead atoms. The summed E-state index contributed by atoms with van der Waals surface area (Å²) in [6.45, 7) is 0.101. The van der Waals surface area contributed by atoms with Crippen molar-refractivity contribution in [1.29, 1.82) is 0 Å². The predicted octanol–water partition coefficient (Wildman–Crippen LogP) is 6.46. The van der Waals surface area contributed by atoms with E-state index in [2.05, 4.69) is 4.98 Å². The summed E-state index contributed by atoms with van der Waals surface area (Å²) in [6, 6.07) is 18.4. The topological polar surface area (TPSA) is 70.5 Å². The van der Waals surface area contributed by atoms with Crippen LogP contribution in [0.2, 0.25) is 10.0 Å². The van der Waals surface area contributed by atoms with Crippen LogP contribution < -0.4 is 0 Å². The molecule has 0 aliphatic heterocycles. The van der Waals surface area contributed by atoms with Gasteiger partial charge in [0, 0.05) is 34.3 Å². The number of halogens is 2. The number of rotatable bonds is 8. The molecule has 4 rings (SSSR count). The predicted molar refractivity (Wildman–Crippen MR) is 135 cm³/mol. The van der Waals surface area contributed by atoms with Gasteiger partial charge in [-0.1, -0.05) is 59.6 Å². The Morgan fingerprint density at radius 2 is 1.82 bits per heavy atom. The van der Waals surface area contributed by atoms with Gasteiger partial charge in [-0.25, -0.2) is 4.79 Å². The summed E-state index contributed by atoms with van der Waals surface area (Å²) < 4.78 is 0. The molecule has 0 aliphatic carbocycles. The number of pyridine rings is 1. The van der Waals surface area contributed by atoms with E-state index < -0.39 is 17.9 Å². The van der Waals surface area contributed by atoms with Gasteiger partial charge < -0.3 is 10.0 Å². The van der Waals surface area contributed by atoms with Crippen LogP contribution in [0.5, 0.6) is 0 Å². The van der Waals surface area contributed by atoms with Crippen molar-refractivity contribution in [2.75, 3.05) is 0 Å². The van der Waals surface area contributed by atoms with Crippen molar-refractivity contribution < 1.29 is 14.7 Å². The molecule has 2 aromatic heterocycles. The molecule has 4 aromatic rings. The molecule has 1 amide bonds. The van der Waals surface area contributed by atoms with E-state index >= 15 is 0 Å². The molecule has 172 valence electrons. The first-order chi connectivity index (χ1) is 16.4. The Morgan fingerprint density at radius 3 is 2.50 bits per heavy atom. The van der Waals surface area contributed by atoms with Crippen LogP contribution in [0.4, 0.5) is 0 Å². The van der Waals surface area contributed by atoms with Gasteiger partial charge in [0.05, 0.1) is 17.1 Å². The Morgan fingerprint density at radius 1 is 1.03 bits per heavy atom. The highest BCUT2D eigenvalue weighted by Gasteiger charge is 2.32. The van der Waals surface area contributed by atoms with Gasteiger partial charge in [-0.3, -0.25) is 9.78 Å². The van der Waals surface area contributed by atoms with E-state index in [0.717, 1.165) is 21.6 Å². The normalized spacial score (nSPS) is 11.7. The average Bonchev–Trinajstić information content (AvgIpc) is 3.30. The maximum atomic E-state index is 13.7. The molecule has 34 heavy (non-hydrogen) atoms. The van der Waals surface area contributed by atoms with Crippen molar-refractivity contribution in [3.05, 3.63) is 111 Å². The quantitative estimate of drug-likeness (QED) is 0.295. The summed E-state index contributed by atoms with van der Waals surface area (Å²) >= 11 is 13.8. The second kappa shape index (κ2) is 10.8. The van der Waals surface area contributed by atoms with Crippen LogP contribution in [-0.4, -0.2) is 32.9 Å². The lowest BCUT2D eigenvalue weighted by molar-refractivity contribution is -0.142. The minimum absolute atomic E-state index is 0.101. The fourth-order valence-corrected chi connectivity index (χ4v) is 5.09. The fraction of sp³-hybridized carbons (Fsp3) is 0.115. The maximum absolute atomic E-state index is 13.7. The molecular formula is C26H20Cl2N2O3S. The fourth-order valence-electron chi connectivity index (χ4n) is 3.71. The molecule has 2 aromatic carbocycles.